The van der Waals surface area contributed by atoms with Crippen molar-refractivity contribution in [2.45, 2.75) is 17.7 Å². The molecule has 14 heteroatoms. The molecule has 0 fully saturated rings. The molecule has 0 aliphatic rings. The highest BCUT2D eigenvalue weighted by Gasteiger charge is 2.25. The molecule has 1 aromatic carbocycles. The van der Waals surface area contributed by atoms with Crippen LogP contribution in [0.5, 0.6) is 17.5 Å². The Labute approximate surface area is 173 Å². The highest BCUT2D eigenvalue weighted by Crippen LogP contribution is 2.36. The van der Waals surface area contributed by atoms with Crippen LogP contribution in [0.4, 0.5) is 23.5 Å². The number of methoxy groups -OCH3 is 2. The Morgan fingerprint density at radius 2 is 1.74 bits per heavy atom. The molecule has 0 radical (unpaired) electrons. The molecule has 9 nitrogen and oxygen atoms in total. The molecule has 3 rings (SSSR count). The summed E-state index contributed by atoms with van der Waals surface area (Å²) in [5.41, 5.74) is -0.0894. The summed E-state index contributed by atoms with van der Waals surface area (Å²) in [7, 11) is -1.96. The van der Waals surface area contributed by atoms with Crippen molar-refractivity contribution in [2.75, 3.05) is 25.5 Å². The Hall–Kier alpha value is -3.29. The molecular formula is C17H16F4N4O5S. The molecule has 2 heterocycles. The molecule has 0 saturated carbocycles. The van der Waals surface area contributed by atoms with Crippen molar-refractivity contribution < 1.29 is 40.2 Å². The zero-order valence-electron chi connectivity index (χ0n) is 16.0. The van der Waals surface area contributed by atoms with Gasteiger partial charge in [-0.2, -0.15) is 9.97 Å². The number of anilines is 1. The molecule has 2 aromatic heterocycles. The van der Waals surface area contributed by atoms with Crippen molar-refractivity contribution in [2.24, 2.45) is 0 Å². The van der Waals surface area contributed by atoms with Crippen molar-refractivity contribution in [3.63, 3.8) is 0 Å². The molecule has 0 aliphatic carbocycles. The van der Waals surface area contributed by atoms with Gasteiger partial charge < -0.3 is 19.2 Å². The summed E-state index contributed by atoms with van der Waals surface area (Å²) in [4.78, 5) is 9.99. The van der Waals surface area contributed by atoms with Gasteiger partial charge in [-0.15, -0.1) is 0 Å². The number of ether oxygens (including phenoxy) is 3. The molecule has 0 bridgehead atoms. The summed E-state index contributed by atoms with van der Waals surface area (Å²) in [6.07, 6.45) is -4.39. The zero-order chi connectivity index (χ0) is 22.8. The van der Waals surface area contributed by atoms with E-state index in [1.807, 2.05) is 0 Å². The number of hydrogen-bond donors (Lipinski definition) is 2. The summed E-state index contributed by atoms with van der Waals surface area (Å²) >= 11 is 0. The van der Waals surface area contributed by atoms with Gasteiger partial charge in [-0.25, -0.2) is 30.7 Å². The average molecular weight is 464 g/mol. The number of nitrogens with one attached hydrogen (secondary N) is 2. The van der Waals surface area contributed by atoms with Crippen LogP contribution in [0.25, 0.3) is 10.9 Å². The van der Waals surface area contributed by atoms with Gasteiger partial charge in [0, 0.05) is 22.7 Å². The maximum atomic E-state index is 12.9. The first kappa shape index (κ1) is 22.4. The zero-order valence-corrected chi connectivity index (χ0v) is 16.8. The second kappa shape index (κ2) is 8.83. The summed E-state index contributed by atoms with van der Waals surface area (Å²) in [5, 5.41) is 0.160. The lowest BCUT2D eigenvalue weighted by Crippen LogP contribution is -2.16. The van der Waals surface area contributed by atoms with Crippen LogP contribution in [0.1, 0.15) is 12.0 Å². The van der Waals surface area contributed by atoms with Gasteiger partial charge >= 0.3 is 0 Å². The van der Waals surface area contributed by atoms with E-state index in [2.05, 4.69) is 19.7 Å². The molecule has 0 spiro atoms. The average Bonchev–Trinajstić information content (AvgIpc) is 3.15. The fourth-order valence-electron chi connectivity index (χ4n) is 2.65. The van der Waals surface area contributed by atoms with Crippen molar-refractivity contribution in [1.82, 2.24) is 15.0 Å². The van der Waals surface area contributed by atoms with Gasteiger partial charge in [0.05, 0.1) is 14.2 Å². The lowest BCUT2D eigenvalue weighted by atomic mass is 10.2. The Bertz CT molecular complexity index is 1160. The van der Waals surface area contributed by atoms with Crippen molar-refractivity contribution in [3.05, 3.63) is 30.0 Å². The molecule has 168 valence electrons. The normalized spacial score (nSPS) is 11.9. The van der Waals surface area contributed by atoms with Gasteiger partial charge in [0.25, 0.3) is 34.6 Å². The van der Waals surface area contributed by atoms with E-state index in [0.717, 1.165) is 32.5 Å². The Kier molecular flexibility index (Phi) is 6.38. The number of halogens is 4. The van der Waals surface area contributed by atoms with Crippen LogP contribution in [-0.4, -0.2) is 50.6 Å². The summed E-state index contributed by atoms with van der Waals surface area (Å²) in [6.45, 7) is -0.989. The van der Waals surface area contributed by atoms with Gasteiger partial charge in [-0.3, -0.25) is 0 Å². The number of sulfonamides is 1. The van der Waals surface area contributed by atoms with Crippen molar-refractivity contribution >= 4 is 26.9 Å². The van der Waals surface area contributed by atoms with Crippen LogP contribution >= 0.6 is 0 Å². The van der Waals surface area contributed by atoms with E-state index >= 15 is 0 Å². The van der Waals surface area contributed by atoms with E-state index in [9.17, 15) is 26.0 Å². The lowest BCUT2D eigenvalue weighted by molar-refractivity contribution is 0.0780. The summed E-state index contributed by atoms with van der Waals surface area (Å²) < 4.78 is 93.2. The number of rotatable bonds is 9. The minimum Gasteiger partial charge on any atom is -0.478 e. The molecule has 0 aliphatic heterocycles. The number of H-pyrrole nitrogens is 1. The summed E-state index contributed by atoms with van der Waals surface area (Å²) in [6, 6.07) is 3.49. The van der Waals surface area contributed by atoms with Crippen LogP contribution in [0.2, 0.25) is 0 Å². The molecule has 3 aromatic rings. The first-order valence-electron chi connectivity index (χ1n) is 8.49. The van der Waals surface area contributed by atoms with E-state index < -0.39 is 35.4 Å². The van der Waals surface area contributed by atoms with E-state index in [1.54, 1.807) is 0 Å². The fourth-order valence-corrected chi connectivity index (χ4v) is 3.78. The first-order valence-corrected chi connectivity index (χ1v) is 9.97. The standard InChI is InChI=1S/C17H16F4N4O5S/c1-28-15-13(30-7-12(18)19)16(29-2)24-17(23-15)25-31(26,27)11-6-22-10-5-8(14(20)21)3-4-9(10)11/h3-6,12,14,22H,7H2,1-2H3,(H,23,24,25). The third kappa shape index (κ3) is 4.73. The van der Waals surface area contributed by atoms with Crippen molar-refractivity contribution in [1.29, 1.82) is 0 Å². The first-order chi connectivity index (χ1) is 14.7. The molecule has 0 amide bonds. The SMILES string of the molecule is COc1nc(NS(=O)(=O)c2c[nH]c3cc(C(F)F)ccc23)nc(OC)c1OCC(F)F. The van der Waals surface area contributed by atoms with Crippen LogP contribution in [0.15, 0.2) is 29.3 Å². The third-order valence-electron chi connectivity index (χ3n) is 3.98. The fraction of sp³-hybridized carbons (Fsp3) is 0.294. The largest absolute Gasteiger partial charge is 0.478 e. The van der Waals surface area contributed by atoms with E-state index in [1.165, 1.54) is 6.07 Å². The van der Waals surface area contributed by atoms with Crippen LogP contribution < -0.4 is 18.9 Å². The third-order valence-corrected chi connectivity index (χ3v) is 5.35. The number of aromatic nitrogens is 3. The van der Waals surface area contributed by atoms with Crippen molar-refractivity contribution in [3.8, 4) is 17.5 Å². The number of hydrogen-bond acceptors (Lipinski definition) is 7. The van der Waals surface area contributed by atoms with E-state index in [0.29, 0.717) is 0 Å². The Morgan fingerprint density at radius 3 is 2.29 bits per heavy atom. The monoisotopic (exact) mass is 464 g/mol. The van der Waals surface area contributed by atoms with Gasteiger partial charge in [0.2, 0.25) is 11.7 Å². The predicted molar refractivity (Wildman–Crippen MR) is 101 cm³/mol. The second-order valence-electron chi connectivity index (χ2n) is 5.96. The Morgan fingerprint density at radius 1 is 1.10 bits per heavy atom. The minimum atomic E-state index is -4.28. The predicted octanol–water partition coefficient (Wildman–Crippen LogP) is 3.36. The smallest absolute Gasteiger partial charge is 0.272 e. The maximum Gasteiger partial charge on any atom is 0.272 e. The molecule has 0 unspecified atom stereocenters. The summed E-state index contributed by atoms with van der Waals surface area (Å²) in [5.74, 6) is -1.51. The molecular weight excluding hydrogens is 448 g/mol. The highest BCUT2D eigenvalue weighted by atomic mass is 32.2. The molecule has 0 atom stereocenters. The highest BCUT2D eigenvalue weighted by molar-refractivity contribution is 7.93. The Balaban J connectivity index is 1.96. The second-order valence-corrected chi connectivity index (χ2v) is 7.61. The maximum absolute atomic E-state index is 12.9. The van der Waals surface area contributed by atoms with Crippen LogP contribution in [0.3, 0.4) is 0 Å². The molecule has 0 saturated heterocycles. The number of nitrogens with zero attached hydrogens (tertiary/aromatic N) is 2. The van der Waals surface area contributed by atoms with E-state index in [4.69, 9.17) is 14.2 Å². The van der Waals surface area contributed by atoms with Crippen LogP contribution in [0, 0.1) is 0 Å². The van der Waals surface area contributed by atoms with E-state index in [-0.39, 0.29) is 38.9 Å². The van der Waals surface area contributed by atoms with Crippen LogP contribution in [-0.2, 0) is 10.0 Å². The molecule has 2 N–H and O–H groups in total. The number of alkyl halides is 4. The van der Waals surface area contributed by atoms with Gasteiger partial charge in [-0.1, -0.05) is 12.1 Å². The number of benzene rings is 1. The van der Waals surface area contributed by atoms with Gasteiger partial charge in [0.15, 0.2) is 0 Å². The van der Waals surface area contributed by atoms with Gasteiger partial charge in [-0.05, 0) is 6.07 Å². The minimum absolute atomic E-state index is 0.160. The van der Waals surface area contributed by atoms with Gasteiger partial charge in [0.1, 0.15) is 11.5 Å². The number of fused-ring (bicyclic) bond motifs is 1. The quantitative estimate of drug-likeness (QED) is 0.467. The number of aromatic amines is 1. The lowest BCUT2D eigenvalue weighted by Gasteiger charge is -2.14. The topological polar surface area (TPSA) is 115 Å². The molecule has 31 heavy (non-hydrogen) atoms.